The van der Waals surface area contributed by atoms with Crippen molar-refractivity contribution in [1.82, 2.24) is 14.9 Å². The van der Waals surface area contributed by atoms with Crippen molar-refractivity contribution in [2.75, 3.05) is 13.2 Å². The molecule has 0 spiro atoms. The molecule has 10 heteroatoms. The van der Waals surface area contributed by atoms with E-state index in [1.54, 1.807) is 27.0 Å². The Morgan fingerprint density at radius 3 is 2.76 bits per heavy atom. The minimum absolute atomic E-state index is 0.0812. The number of H-pyrrole nitrogens is 2. The summed E-state index contributed by atoms with van der Waals surface area (Å²) in [5.41, 5.74) is 1.17. The van der Waals surface area contributed by atoms with Crippen molar-refractivity contribution < 1.29 is 28.8 Å². The number of hydrogen-bond donors (Lipinski definition) is 2. The number of amides is 1. The predicted octanol–water partition coefficient (Wildman–Crippen LogP) is 1.80. The molecule has 34 heavy (non-hydrogen) atoms. The number of hydrogen-bond acceptors (Lipinski definition) is 6. The first kappa shape index (κ1) is 23.5. The molecule has 1 atom stereocenters. The third kappa shape index (κ3) is 4.16. The molecule has 3 aromatic rings. The van der Waals surface area contributed by atoms with Crippen LogP contribution in [0.3, 0.4) is 0 Å². The van der Waals surface area contributed by atoms with Crippen LogP contribution in [0.15, 0.2) is 41.8 Å². The summed E-state index contributed by atoms with van der Waals surface area (Å²) in [7, 11) is 0. The van der Waals surface area contributed by atoms with Gasteiger partial charge in [-0.05, 0) is 43.3 Å². The molecule has 1 aliphatic rings. The van der Waals surface area contributed by atoms with Crippen LogP contribution in [0.1, 0.15) is 51.6 Å². The fourth-order valence-electron chi connectivity index (χ4n) is 4.36. The van der Waals surface area contributed by atoms with E-state index in [9.17, 15) is 19.5 Å². The summed E-state index contributed by atoms with van der Waals surface area (Å²) in [5, 5.41) is 15.6. The smallest absolute Gasteiger partial charge is 0.355 e. The normalized spacial score (nSPS) is 17.5. The molecule has 1 amide bonds. The van der Waals surface area contributed by atoms with Crippen LogP contribution >= 0.6 is 11.3 Å². The van der Waals surface area contributed by atoms with Gasteiger partial charge in [-0.2, -0.15) is 0 Å². The van der Waals surface area contributed by atoms with Gasteiger partial charge in [0.2, 0.25) is 12.1 Å². The number of likely N-dealkylation sites (tertiary alicyclic amines) is 1. The molecule has 9 nitrogen and oxygen atoms in total. The predicted molar refractivity (Wildman–Crippen MR) is 123 cm³/mol. The monoisotopic (exact) mass is 482 g/mol. The molecule has 4 heterocycles. The number of ether oxygens (including phenoxy) is 1. The van der Waals surface area contributed by atoms with E-state index in [-0.39, 0.29) is 23.4 Å². The Labute approximate surface area is 200 Å². The molecule has 178 valence electrons. The van der Waals surface area contributed by atoms with Crippen LogP contribution in [0.25, 0.3) is 5.76 Å². The summed E-state index contributed by atoms with van der Waals surface area (Å²) in [6, 6.07) is 2.89. The molecule has 4 rings (SSSR count). The van der Waals surface area contributed by atoms with Crippen LogP contribution in [0.2, 0.25) is 0 Å². The Balaban J connectivity index is 1.74. The van der Waals surface area contributed by atoms with Gasteiger partial charge in [0.25, 0.3) is 5.91 Å². The molecule has 1 unspecified atom stereocenters. The number of ketones is 1. The molecule has 1 aliphatic heterocycles. The Kier molecular flexibility index (Phi) is 6.69. The van der Waals surface area contributed by atoms with Crippen LogP contribution in [0, 0.1) is 13.8 Å². The van der Waals surface area contributed by atoms with Crippen LogP contribution in [0.5, 0.6) is 0 Å². The highest BCUT2D eigenvalue weighted by molar-refractivity contribution is 7.10. The highest BCUT2D eigenvalue weighted by Crippen LogP contribution is 2.41. The lowest BCUT2D eigenvalue weighted by Gasteiger charge is -2.26. The standard InChI is InChI=1S/C24H26N4O5S/c1-4-33-24(32)19-14(2)17(15(3)26-19)21(29)18-20(16-7-5-12-34-16)28(23(31)22(18)30)10-6-9-27-11-8-25-13-27/h5,7-8,11-13,20H,4,6,9-10H2,1-3H3,(H2,26,29,30,32). The minimum atomic E-state index is -0.796. The van der Waals surface area contributed by atoms with Crippen molar-refractivity contribution in [2.45, 2.75) is 39.8 Å². The first-order valence-electron chi connectivity index (χ1n) is 11.0. The highest BCUT2D eigenvalue weighted by atomic mass is 32.1. The van der Waals surface area contributed by atoms with Gasteiger partial charge in [-0.3, -0.25) is 14.6 Å². The van der Waals surface area contributed by atoms with E-state index < -0.39 is 29.5 Å². The average molecular weight is 483 g/mol. The van der Waals surface area contributed by atoms with E-state index in [0.29, 0.717) is 30.8 Å². The number of rotatable bonds is 8. The number of esters is 1. The third-order valence-electron chi connectivity index (χ3n) is 5.90. The van der Waals surface area contributed by atoms with Gasteiger partial charge in [0.1, 0.15) is 18.1 Å². The van der Waals surface area contributed by atoms with Gasteiger partial charge >= 0.3 is 5.97 Å². The first-order chi connectivity index (χ1) is 16.3. The molecular weight excluding hydrogens is 456 g/mol. The van der Waals surface area contributed by atoms with Crippen LogP contribution in [-0.4, -0.2) is 45.7 Å². The number of carbonyl (C=O) groups excluding carboxylic acids is 3. The second-order valence-corrected chi connectivity index (χ2v) is 9.02. The number of aromatic nitrogens is 3. The number of nitrogens with zero attached hydrogens (tertiary/aromatic N) is 2. The van der Waals surface area contributed by atoms with Gasteiger partial charge in [0.05, 0.1) is 19.2 Å². The lowest BCUT2D eigenvalue weighted by atomic mass is 9.97. The van der Waals surface area contributed by atoms with E-state index in [4.69, 9.17) is 4.74 Å². The number of aromatic amines is 2. The lowest BCUT2D eigenvalue weighted by molar-refractivity contribution is -0.695. The fourth-order valence-corrected chi connectivity index (χ4v) is 5.20. The Morgan fingerprint density at radius 2 is 2.12 bits per heavy atom. The van der Waals surface area contributed by atoms with E-state index in [1.807, 2.05) is 34.6 Å². The summed E-state index contributed by atoms with van der Waals surface area (Å²) < 4.78 is 7.02. The molecule has 3 aromatic heterocycles. The van der Waals surface area contributed by atoms with E-state index >= 15 is 0 Å². The summed E-state index contributed by atoms with van der Waals surface area (Å²) in [6.45, 7) is 6.17. The zero-order valence-corrected chi connectivity index (χ0v) is 20.0. The fraction of sp³-hybridized carbons (Fsp3) is 0.333. The van der Waals surface area contributed by atoms with Crippen LogP contribution in [0.4, 0.5) is 0 Å². The maximum absolute atomic E-state index is 13.7. The molecule has 1 saturated heterocycles. The van der Waals surface area contributed by atoms with E-state index in [2.05, 4.69) is 9.97 Å². The van der Waals surface area contributed by atoms with E-state index in [1.165, 1.54) is 16.2 Å². The highest BCUT2D eigenvalue weighted by Gasteiger charge is 2.44. The van der Waals surface area contributed by atoms with Gasteiger partial charge in [0, 0.05) is 29.1 Å². The number of carbonyl (C=O) groups is 3. The largest absolute Gasteiger partial charge is 0.872 e. The molecule has 0 saturated carbocycles. The van der Waals surface area contributed by atoms with Gasteiger partial charge in [-0.15, -0.1) is 11.3 Å². The van der Waals surface area contributed by atoms with Crippen molar-refractivity contribution in [3.8, 4) is 0 Å². The topological polar surface area (TPSA) is 122 Å². The average Bonchev–Trinajstić information content (AvgIpc) is 3.59. The molecule has 0 aliphatic carbocycles. The minimum Gasteiger partial charge on any atom is -0.872 e. The molecule has 1 fully saturated rings. The zero-order valence-electron chi connectivity index (χ0n) is 19.2. The SMILES string of the molecule is CCOC(=O)c1[nH]c(C)c(C([O-])=C2C(=O)C(=O)N(CCC[n+]3cc[nH]c3)C2c2cccs2)c1C. The van der Waals surface area contributed by atoms with Gasteiger partial charge < -0.3 is 19.7 Å². The number of imidazole rings is 1. The zero-order chi connectivity index (χ0) is 24.4. The lowest BCUT2D eigenvalue weighted by Crippen LogP contribution is -2.35. The van der Waals surface area contributed by atoms with Gasteiger partial charge in [-0.1, -0.05) is 11.8 Å². The summed E-state index contributed by atoms with van der Waals surface area (Å²) in [4.78, 5) is 46.6. The number of aryl methyl sites for hydroxylation is 2. The Hall–Kier alpha value is -3.66. The van der Waals surface area contributed by atoms with Gasteiger partial charge in [-0.25, -0.2) is 9.36 Å². The Bertz CT molecular complexity index is 1240. The van der Waals surface area contributed by atoms with E-state index in [0.717, 1.165) is 4.88 Å². The third-order valence-corrected chi connectivity index (χ3v) is 6.83. The molecule has 0 bridgehead atoms. The molecule has 0 aromatic carbocycles. The second-order valence-electron chi connectivity index (χ2n) is 8.04. The van der Waals surface area contributed by atoms with Gasteiger partial charge in [0.15, 0.2) is 0 Å². The Morgan fingerprint density at radius 1 is 1.32 bits per heavy atom. The van der Waals surface area contributed by atoms with Crippen molar-refractivity contribution >= 4 is 34.8 Å². The second kappa shape index (κ2) is 9.68. The molecule has 0 radical (unpaired) electrons. The number of Topliss-reactive ketones (excluding diaryl/α,β-unsaturated/α-hetero) is 1. The number of nitrogens with one attached hydrogen (secondary N) is 2. The number of thiophene rings is 1. The summed E-state index contributed by atoms with van der Waals surface area (Å²) in [5.74, 6) is -2.59. The summed E-state index contributed by atoms with van der Waals surface area (Å²) in [6.07, 6.45) is 6.11. The quantitative estimate of drug-likeness (QED) is 0.167. The van der Waals surface area contributed by atoms with Crippen molar-refractivity contribution in [2.24, 2.45) is 0 Å². The maximum Gasteiger partial charge on any atom is 0.355 e. The van der Waals surface area contributed by atoms with Crippen molar-refractivity contribution in [3.05, 3.63) is 69.2 Å². The van der Waals surface area contributed by atoms with Crippen molar-refractivity contribution in [3.63, 3.8) is 0 Å². The maximum atomic E-state index is 13.7. The molecule has 2 N–H and O–H groups in total. The van der Waals surface area contributed by atoms with Crippen LogP contribution < -0.4 is 9.67 Å². The van der Waals surface area contributed by atoms with Crippen LogP contribution in [-0.2, 0) is 20.9 Å². The summed E-state index contributed by atoms with van der Waals surface area (Å²) >= 11 is 1.39. The van der Waals surface area contributed by atoms with Crippen molar-refractivity contribution in [1.29, 1.82) is 0 Å². The first-order valence-corrected chi connectivity index (χ1v) is 11.9. The molecular formula is C24H26N4O5S.